The Bertz CT molecular complexity index is 1340. The van der Waals surface area contributed by atoms with Gasteiger partial charge < -0.3 is 4.74 Å². The fraction of sp³-hybridized carbons (Fsp3) is 0.0741. The van der Waals surface area contributed by atoms with E-state index < -0.39 is 22.5 Å². The van der Waals surface area contributed by atoms with Gasteiger partial charge in [-0.05, 0) is 42.8 Å². The predicted octanol–water partition coefficient (Wildman–Crippen LogP) is 5.46. The summed E-state index contributed by atoms with van der Waals surface area (Å²) < 4.78 is 33.5. The molecule has 0 aliphatic heterocycles. The number of carbonyl (C=O) groups excluding carboxylic acids is 1. The number of hydrogen-bond donors (Lipinski definition) is 0. The minimum atomic E-state index is -4.13. The van der Waals surface area contributed by atoms with Gasteiger partial charge in [0.1, 0.15) is 5.75 Å². The molecule has 0 heterocycles. The molecule has 33 heavy (non-hydrogen) atoms. The third-order valence-electron chi connectivity index (χ3n) is 5.10. The van der Waals surface area contributed by atoms with E-state index in [1.807, 2.05) is 55.5 Å². The molecule has 4 aromatic rings. The van der Waals surface area contributed by atoms with Crippen molar-refractivity contribution in [2.24, 2.45) is 0 Å². The molecule has 6 heteroatoms. The summed E-state index contributed by atoms with van der Waals surface area (Å²) in [5, 5.41) is 0. The Morgan fingerprint density at radius 2 is 1.33 bits per heavy atom. The van der Waals surface area contributed by atoms with Crippen LogP contribution in [-0.2, 0) is 14.8 Å². The Morgan fingerprint density at radius 3 is 2.00 bits per heavy atom. The van der Waals surface area contributed by atoms with Gasteiger partial charge in [0, 0.05) is 5.56 Å². The summed E-state index contributed by atoms with van der Waals surface area (Å²) in [4.78, 5) is 13.3. The average Bonchev–Trinajstić information content (AvgIpc) is 2.84. The maximum Gasteiger partial charge on any atom is 0.278 e. The van der Waals surface area contributed by atoms with Crippen molar-refractivity contribution in [3.05, 3.63) is 115 Å². The van der Waals surface area contributed by atoms with Crippen LogP contribution in [0.3, 0.4) is 0 Å². The molecule has 0 saturated carbocycles. The topological polar surface area (TPSA) is 63.7 Å². The molecule has 4 aromatic carbocycles. The Morgan fingerprint density at radius 1 is 0.758 bits per heavy atom. The van der Waals surface area contributed by atoms with Crippen LogP contribution in [-0.4, -0.2) is 20.9 Å². The fourth-order valence-corrected chi connectivity index (χ4v) is 4.85. The molecule has 0 unspecified atom stereocenters. The van der Waals surface area contributed by atoms with E-state index in [0.717, 1.165) is 21.0 Å². The van der Waals surface area contributed by atoms with Crippen molar-refractivity contribution >= 4 is 21.6 Å². The second-order valence-electron chi connectivity index (χ2n) is 7.46. The standard InChI is InChI=1S/C27H23NO4S/c1-21-16-18-24(19-17-21)33(30,31)28(23-12-6-3-7-13-23)27(29)20-32-26-15-9-8-14-25(26)22-10-4-2-5-11-22/h2-19H,20H2,1H3. The van der Waals surface area contributed by atoms with Crippen molar-refractivity contribution in [3.8, 4) is 16.9 Å². The summed E-state index contributed by atoms with van der Waals surface area (Å²) >= 11 is 0. The summed E-state index contributed by atoms with van der Waals surface area (Å²) in [7, 11) is -4.13. The number of aryl methyl sites for hydroxylation is 1. The molecule has 0 saturated heterocycles. The highest BCUT2D eigenvalue weighted by atomic mass is 32.2. The zero-order valence-electron chi connectivity index (χ0n) is 18.1. The minimum Gasteiger partial charge on any atom is -0.483 e. The van der Waals surface area contributed by atoms with Gasteiger partial charge in [0.2, 0.25) is 0 Å². The molecule has 5 nitrogen and oxygen atoms in total. The van der Waals surface area contributed by atoms with E-state index in [0.29, 0.717) is 5.75 Å². The van der Waals surface area contributed by atoms with E-state index >= 15 is 0 Å². The number of rotatable bonds is 7. The summed E-state index contributed by atoms with van der Waals surface area (Å²) in [6.07, 6.45) is 0. The number of nitrogens with zero attached hydrogens (tertiary/aromatic N) is 1. The molecule has 4 rings (SSSR count). The highest BCUT2D eigenvalue weighted by Crippen LogP contribution is 2.30. The summed E-state index contributed by atoms with van der Waals surface area (Å²) in [5.41, 5.74) is 2.93. The molecule has 1 amide bonds. The first kappa shape index (κ1) is 22.3. The van der Waals surface area contributed by atoms with Crippen molar-refractivity contribution in [2.75, 3.05) is 10.9 Å². The molecule has 0 atom stereocenters. The first-order valence-corrected chi connectivity index (χ1v) is 11.9. The van der Waals surface area contributed by atoms with Gasteiger partial charge in [-0.25, -0.2) is 8.42 Å². The molecule has 0 aliphatic rings. The zero-order valence-corrected chi connectivity index (χ0v) is 18.9. The highest BCUT2D eigenvalue weighted by Gasteiger charge is 2.31. The van der Waals surface area contributed by atoms with Crippen LogP contribution in [0, 0.1) is 6.92 Å². The number of sulfonamides is 1. The van der Waals surface area contributed by atoms with Crippen molar-refractivity contribution in [2.45, 2.75) is 11.8 Å². The fourth-order valence-electron chi connectivity index (χ4n) is 3.44. The van der Waals surface area contributed by atoms with Gasteiger partial charge in [-0.3, -0.25) is 4.79 Å². The van der Waals surface area contributed by atoms with Crippen molar-refractivity contribution in [3.63, 3.8) is 0 Å². The molecule has 0 radical (unpaired) electrons. The van der Waals surface area contributed by atoms with E-state index in [1.165, 1.54) is 12.1 Å². The van der Waals surface area contributed by atoms with E-state index in [9.17, 15) is 13.2 Å². The molecule has 0 N–H and O–H groups in total. The van der Waals surface area contributed by atoms with Crippen LogP contribution in [0.15, 0.2) is 114 Å². The van der Waals surface area contributed by atoms with Crippen LogP contribution in [0.5, 0.6) is 5.75 Å². The summed E-state index contributed by atoms with van der Waals surface area (Å²) in [5.74, 6) is -0.192. The monoisotopic (exact) mass is 457 g/mol. The SMILES string of the molecule is Cc1ccc(S(=O)(=O)N(C(=O)COc2ccccc2-c2ccccc2)c2ccccc2)cc1. The van der Waals surface area contributed by atoms with Gasteiger partial charge in [-0.15, -0.1) is 0 Å². The molecule has 0 bridgehead atoms. The maximum atomic E-state index is 13.4. The van der Waals surface area contributed by atoms with Gasteiger partial charge in [0.15, 0.2) is 6.61 Å². The largest absolute Gasteiger partial charge is 0.483 e. The Kier molecular flexibility index (Phi) is 6.56. The van der Waals surface area contributed by atoms with Crippen LogP contribution in [0.4, 0.5) is 5.69 Å². The Hall–Kier alpha value is -3.90. The lowest BCUT2D eigenvalue weighted by atomic mass is 10.1. The normalized spacial score (nSPS) is 11.1. The Balaban J connectivity index is 1.65. The summed E-state index contributed by atoms with van der Waals surface area (Å²) in [6.45, 7) is 1.43. The quantitative estimate of drug-likeness (QED) is 0.370. The Labute approximate surface area is 193 Å². The third kappa shape index (κ3) is 4.96. The molecule has 0 spiro atoms. The third-order valence-corrected chi connectivity index (χ3v) is 6.86. The molecule has 0 fully saturated rings. The van der Waals surface area contributed by atoms with Crippen LogP contribution in [0.2, 0.25) is 0 Å². The van der Waals surface area contributed by atoms with Gasteiger partial charge in [0.25, 0.3) is 15.9 Å². The molecule has 166 valence electrons. The second kappa shape index (κ2) is 9.71. The lowest BCUT2D eigenvalue weighted by molar-refractivity contribution is -0.119. The number of amides is 1. The predicted molar refractivity (Wildman–Crippen MR) is 130 cm³/mol. The number of anilines is 1. The van der Waals surface area contributed by atoms with Gasteiger partial charge in [0.05, 0.1) is 10.6 Å². The molecular weight excluding hydrogens is 434 g/mol. The minimum absolute atomic E-state index is 0.0370. The smallest absolute Gasteiger partial charge is 0.278 e. The maximum absolute atomic E-state index is 13.4. The van der Waals surface area contributed by atoms with E-state index in [2.05, 4.69) is 0 Å². The van der Waals surface area contributed by atoms with Gasteiger partial charge >= 0.3 is 0 Å². The number of carbonyl (C=O) groups is 1. The van der Waals surface area contributed by atoms with Crippen molar-refractivity contribution in [1.82, 2.24) is 0 Å². The van der Waals surface area contributed by atoms with E-state index in [-0.39, 0.29) is 10.6 Å². The van der Waals surface area contributed by atoms with Crippen molar-refractivity contribution < 1.29 is 17.9 Å². The van der Waals surface area contributed by atoms with E-state index in [4.69, 9.17) is 4.74 Å². The molecule has 0 aromatic heterocycles. The average molecular weight is 458 g/mol. The van der Waals surface area contributed by atoms with Crippen LogP contribution < -0.4 is 9.04 Å². The van der Waals surface area contributed by atoms with Gasteiger partial charge in [-0.2, -0.15) is 4.31 Å². The molecular formula is C27H23NO4S. The van der Waals surface area contributed by atoms with E-state index in [1.54, 1.807) is 48.5 Å². The summed E-state index contributed by atoms with van der Waals surface area (Å²) in [6, 6.07) is 31.7. The lowest BCUT2D eigenvalue weighted by Crippen LogP contribution is -2.40. The van der Waals surface area contributed by atoms with Crippen LogP contribution in [0.25, 0.3) is 11.1 Å². The van der Waals surface area contributed by atoms with Crippen LogP contribution >= 0.6 is 0 Å². The zero-order chi connectivity index (χ0) is 23.3. The van der Waals surface area contributed by atoms with Crippen LogP contribution in [0.1, 0.15) is 5.56 Å². The number of para-hydroxylation sites is 2. The number of hydrogen-bond acceptors (Lipinski definition) is 4. The van der Waals surface area contributed by atoms with Gasteiger partial charge in [-0.1, -0.05) is 84.4 Å². The number of ether oxygens (including phenoxy) is 1. The first-order chi connectivity index (χ1) is 16.0. The molecule has 0 aliphatic carbocycles. The second-order valence-corrected chi connectivity index (χ2v) is 9.25. The van der Waals surface area contributed by atoms with Crippen molar-refractivity contribution in [1.29, 1.82) is 0 Å². The lowest BCUT2D eigenvalue weighted by Gasteiger charge is -2.23. The first-order valence-electron chi connectivity index (χ1n) is 10.4. The highest BCUT2D eigenvalue weighted by molar-refractivity contribution is 7.93. The number of benzene rings is 4.